The molecule has 0 bridgehead atoms. The number of nitrogens with zero attached hydrogens (tertiary/aromatic N) is 5. The monoisotopic (exact) mass is 640 g/mol. The standard InChI is InChI=1S/C29H37ClF4N8O2/c1-4-12-42(15-11-35-2)14-9-27(44)38-26-17-20(7-10-36-26)37-24-18-23(21-16-19(30)5-6-22(21)31)39-40-28(24)41(3)13-8-25(43)29(32,33)34/h5-7,10,16-18,25,35,43H,4,8-9,11-15H2,1-3H3,(H2,36,37,38,39,44). The SMILES string of the molecule is CCCN(CCNC)CCC(=O)Nc1cc(Nc2cc(-c3cc(Cl)ccc3F)nnc2N(C)CCC(O)C(F)(F)F)ccn1. The van der Waals surface area contributed by atoms with E-state index in [1.165, 1.54) is 42.4 Å². The third kappa shape index (κ3) is 10.5. The first-order valence-corrected chi connectivity index (χ1v) is 14.5. The Bertz CT molecular complexity index is 1380. The summed E-state index contributed by atoms with van der Waals surface area (Å²) in [6, 6.07) is 8.64. The Morgan fingerprint density at radius 3 is 2.57 bits per heavy atom. The molecule has 0 fully saturated rings. The first-order chi connectivity index (χ1) is 20.9. The summed E-state index contributed by atoms with van der Waals surface area (Å²) in [5.74, 6) is -0.385. The summed E-state index contributed by atoms with van der Waals surface area (Å²) in [4.78, 5) is 20.5. The summed E-state index contributed by atoms with van der Waals surface area (Å²) in [7, 11) is 3.37. The number of rotatable bonds is 16. The first kappa shape index (κ1) is 34.9. The van der Waals surface area contributed by atoms with Gasteiger partial charge in [-0.2, -0.15) is 13.2 Å². The van der Waals surface area contributed by atoms with Gasteiger partial charge in [-0.1, -0.05) is 18.5 Å². The second-order valence-corrected chi connectivity index (χ2v) is 10.6. The lowest BCUT2D eigenvalue weighted by Crippen LogP contribution is -2.34. The van der Waals surface area contributed by atoms with Crippen molar-refractivity contribution < 1.29 is 27.5 Å². The highest BCUT2D eigenvalue weighted by Crippen LogP contribution is 2.33. The number of benzene rings is 1. The number of aliphatic hydroxyl groups excluding tert-OH is 1. The smallest absolute Gasteiger partial charge is 0.384 e. The summed E-state index contributed by atoms with van der Waals surface area (Å²) < 4.78 is 53.3. The maximum Gasteiger partial charge on any atom is 0.414 e. The average Bonchev–Trinajstić information content (AvgIpc) is 2.98. The van der Waals surface area contributed by atoms with Crippen molar-refractivity contribution in [2.45, 2.75) is 38.5 Å². The minimum Gasteiger partial charge on any atom is -0.384 e. The normalized spacial score (nSPS) is 12.3. The summed E-state index contributed by atoms with van der Waals surface area (Å²) in [5, 5.41) is 27.0. The van der Waals surface area contributed by atoms with Gasteiger partial charge in [0.2, 0.25) is 5.91 Å². The van der Waals surface area contributed by atoms with E-state index in [-0.39, 0.29) is 52.5 Å². The number of likely N-dealkylation sites (N-methyl/N-ethyl adjacent to an activating group) is 1. The van der Waals surface area contributed by atoms with E-state index in [0.717, 1.165) is 26.1 Å². The van der Waals surface area contributed by atoms with Gasteiger partial charge in [-0.3, -0.25) is 4.79 Å². The number of carbonyl (C=O) groups is 1. The van der Waals surface area contributed by atoms with Crippen LogP contribution in [0.15, 0.2) is 42.6 Å². The van der Waals surface area contributed by atoms with Crippen LogP contribution in [0.4, 0.5) is 40.6 Å². The quantitative estimate of drug-likeness (QED) is 0.159. The van der Waals surface area contributed by atoms with Crippen molar-refractivity contribution in [1.29, 1.82) is 0 Å². The molecule has 4 N–H and O–H groups in total. The maximum absolute atomic E-state index is 14.6. The van der Waals surface area contributed by atoms with E-state index in [1.807, 2.05) is 7.05 Å². The Morgan fingerprint density at radius 1 is 1.09 bits per heavy atom. The Balaban J connectivity index is 1.83. The van der Waals surface area contributed by atoms with Crippen molar-refractivity contribution in [1.82, 2.24) is 25.4 Å². The molecule has 15 heteroatoms. The molecule has 1 atom stereocenters. The van der Waals surface area contributed by atoms with E-state index in [4.69, 9.17) is 11.6 Å². The van der Waals surface area contributed by atoms with Gasteiger partial charge in [0.25, 0.3) is 0 Å². The van der Waals surface area contributed by atoms with Crippen molar-refractivity contribution >= 4 is 40.5 Å². The number of hydrogen-bond acceptors (Lipinski definition) is 9. The molecule has 1 aromatic carbocycles. The molecule has 0 radical (unpaired) electrons. The van der Waals surface area contributed by atoms with E-state index < -0.39 is 24.5 Å². The van der Waals surface area contributed by atoms with E-state index in [0.29, 0.717) is 12.2 Å². The molecule has 2 aromatic heterocycles. The Kier molecular flexibility index (Phi) is 13.1. The van der Waals surface area contributed by atoms with Crippen molar-refractivity contribution in [2.24, 2.45) is 0 Å². The molecule has 0 aliphatic heterocycles. The van der Waals surface area contributed by atoms with Crippen LogP contribution in [-0.4, -0.2) is 90.2 Å². The molecule has 2 heterocycles. The first-order valence-electron chi connectivity index (χ1n) is 14.1. The summed E-state index contributed by atoms with van der Waals surface area (Å²) >= 11 is 6.06. The lowest BCUT2D eigenvalue weighted by molar-refractivity contribution is -0.204. The van der Waals surface area contributed by atoms with Crippen molar-refractivity contribution in [3.8, 4) is 11.3 Å². The number of pyridine rings is 1. The van der Waals surface area contributed by atoms with Crippen molar-refractivity contribution in [3.63, 3.8) is 0 Å². The Hall–Kier alpha value is -3.59. The lowest BCUT2D eigenvalue weighted by Gasteiger charge is -2.23. The predicted octanol–water partition coefficient (Wildman–Crippen LogP) is 5.08. The number of aliphatic hydroxyl groups is 1. The predicted molar refractivity (Wildman–Crippen MR) is 164 cm³/mol. The van der Waals surface area contributed by atoms with E-state index in [1.54, 1.807) is 12.1 Å². The van der Waals surface area contributed by atoms with Gasteiger partial charge < -0.3 is 30.9 Å². The number of aromatic nitrogens is 3. The number of alkyl halides is 3. The van der Waals surface area contributed by atoms with Gasteiger partial charge in [-0.05, 0) is 56.8 Å². The molecule has 1 unspecified atom stereocenters. The second-order valence-electron chi connectivity index (χ2n) is 10.2. The van der Waals surface area contributed by atoms with Crippen LogP contribution in [0.1, 0.15) is 26.2 Å². The van der Waals surface area contributed by atoms with Crippen LogP contribution >= 0.6 is 11.6 Å². The van der Waals surface area contributed by atoms with Gasteiger partial charge in [0, 0.05) is 68.2 Å². The molecule has 0 aliphatic carbocycles. The molecule has 0 spiro atoms. The van der Waals surface area contributed by atoms with Crippen molar-refractivity contribution in [3.05, 3.63) is 53.4 Å². The van der Waals surface area contributed by atoms with Crippen LogP contribution in [0.5, 0.6) is 0 Å². The summed E-state index contributed by atoms with van der Waals surface area (Å²) in [5.41, 5.74) is 0.941. The van der Waals surface area contributed by atoms with Crippen LogP contribution in [0, 0.1) is 5.82 Å². The lowest BCUT2D eigenvalue weighted by atomic mass is 10.1. The van der Waals surface area contributed by atoms with Gasteiger partial charge in [0.15, 0.2) is 11.9 Å². The largest absolute Gasteiger partial charge is 0.414 e. The fourth-order valence-corrected chi connectivity index (χ4v) is 4.46. The molecule has 10 nitrogen and oxygen atoms in total. The topological polar surface area (TPSA) is 119 Å². The number of anilines is 4. The van der Waals surface area contributed by atoms with Gasteiger partial charge in [0.1, 0.15) is 11.6 Å². The highest BCUT2D eigenvalue weighted by molar-refractivity contribution is 6.30. The number of amides is 1. The summed E-state index contributed by atoms with van der Waals surface area (Å²) in [6.45, 7) is 4.96. The Morgan fingerprint density at radius 2 is 1.86 bits per heavy atom. The van der Waals surface area contributed by atoms with Gasteiger partial charge in [-0.15, -0.1) is 10.2 Å². The zero-order valence-electron chi connectivity index (χ0n) is 24.8. The number of hydrogen-bond donors (Lipinski definition) is 4. The molecule has 0 aliphatic rings. The molecule has 0 saturated carbocycles. The molecule has 44 heavy (non-hydrogen) atoms. The second kappa shape index (κ2) is 16.5. The van der Waals surface area contributed by atoms with E-state index >= 15 is 0 Å². The van der Waals surface area contributed by atoms with Crippen LogP contribution < -0.4 is 20.9 Å². The molecule has 1 amide bonds. The molecule has 3 rings (SSSR count). The molecule has 240 valence electrons. The highest BCUT2D eigenvalue weighted by atomic mass is 35.5. The number of carbonyl (C=O) groups excluding carboxylic acids is 1. The van der Waals surface area contributed by atoms with Crippen LogP contribution in [0.2, 0.25) is 5.02 Å². The minimum absolute atomic E-state index is 0.0734. The highest BCUT2D eigenvalue weighted by Gasteiger charge is 2.38. The van der Waals surface area contributed by atoms with Crippen LogP contribution in [-0.2, 0) is 4.79 Å². The zero-order chi connectivity index (χ0) is 32.3. The van der Waals surface area contributed by atoms with E-state index in [2.05, 4.69) is 43.0 Å². The molecule has 0 saturated heterocycles. The van der Waals surface area contributed by atoms with E-state index in [9.17, 15) is 27.5 Å². The third-order valence-corrected chi connectivity index (χ3v) is 6.87. The van der Waals surface area contributed by atoms with Crippen LogP contribution in [0.3, 0.4) is 0 Å². The molecular weight excluding hydrogens is 604 g/mol. The van der Waals surface area contributed by atoms with Crippen LogP contribution in [0.25, 0.3) is 11.3 Å². The average molecular weight is 641 g/mol. The minimum atomic E-state index is -4.76. The third-order valence-electron chi connectivity index (χ3n) is 6.64. The molecular formula is C29H37ClF4N8O2. The number of halogens is 5. The van der Waals surface area contributed by atoms with Crippen molar-refractivity contribution in [2.75, 3.05) is 62.4 Å². The van der Waals surface area contributed by atoms with Gasteiger partial charge in [0.05, 0.1) is 11.4 Å². The maximum atomic E-state index is 14.6. The summed E-state index contributed by atoms with van der Waals surface area (Å²) in [6.07, 6.45) is -5.18. The fourth-order valence-electron chi connectivity index (χ4n) is 4.29. The van der Waals surface area contributed by atoms with Gasteiger partial charge in [-0.25, -0.2) is 9.37 Å². The zero-order valence-corrected chi connectivity index (χ0v) is 25.5. The fraction of sp³-hybridized carbons (Fsp3) is 0.448. The molecule has 3 aromatic rings. The van der Waals surface area contributed by atoms with Gasteiger partial charge >= 0.3 is 6.18 Å². The Labute approximate surface area is 258 Å². The number of nitrogens with one attached hydrogen (secondary N) is 3.